The van der Waals surface area contributed by atoms with Crippen molar-refractivity contribution in [1.82, 2.24) is 5.32 Å². The van der Waals surface area contributed by atoms with Crippen LogP contribution in [-0.4, -0.2) is 14.2 Å². The quantitative estimate of drug-likeness (QED) is 0.908. The molecule has 0 bridgehead atoms. The summed E-state index contributed by atoms with van der Waals surface area (Å²) in [6.07, 6.45) is 2.97. The maximum absolute atomic E-state index is 9.43. The van der Waals surface area contributed by atoms with Crippen LogP contribution in [0.25, 0.3) is 0 Å². The number of hydrogen-bond donors (Lipinski definition) is 1. The minimum Gasteiger partial charge on any atom is -0.497 e. The average Bonchev–Trinajstić information content (AvgIpc) is 2.34. The van der Waals surface area contributed by atoms with Gasteiger partial charge in [-0.2, -0.15) is 5.26 Å². The molecular weight excluding hydrogens is 248 g/mol. The molecule has 1 saturated carbocycles. The number of hydrogen-bond acceptors (Lipinski definition) is 3. The van der Waals surface area contributed by atoms with E-state index in [0.29, 0.717) is 5.02 Å². The van der Waals surface area contributed by atoms with Gasteiger partial charge in [0, 0.05) is 5.02 Å². The zero-order valence-electron chi connectivity index (χ0n) is 10.7. The third-order valence-electron chi connectivity index (χ3n) is 3.83. The fraction of sp³-hybridized carbons (Fsp3) is 0.500. The molecule has 0 amide bonds. The Morgan fingerprint density at radius 3 is 2.61 bits per heavy atom. The van der Waals surface area contributed by atoms with Crippen molar-refractivity contribution in [1.29, 1.82) is 5.26 Å². The van der Waals surface area contributed by atoms with Crippen molar-refractivity contribution in [2.75, 3.05) is 14.2 Å². The third kappa shape index (κ3) is 2.07. The van der Waals surface area contributed by atoms with Crippen LogP contribution in [0.3, 0.4) is 0 Å². The molecule has 0 aliphatic heterocycles. The molecule has 0 spiro atoms. The summed E-state index contributed by atoms with van der Waals surface area (Å²) in [5.74, 6) is 0.734. The molecule has 1 aliphatic rings. The minimum absolute atomic E-state index is 0.0188. The normalized spacial score (nSPS) is 18.6. The van der Waals surface area contributed by atoms with Gasteiger partial charge in [0.1, 0.15) is 5.75 Å². The number of benzene rings is 1. The molecule has 18 heavy (non-hydrogen) atoms. The van der Waals surface area contributed by atoms with Crippen LogP contribution in [-0.2, 0) is 0 Å². The van der Waals surface area contributed by atoms with E-state index in [9.17, 15) is 5.26 Å². The van der Waals surface area contributed by atoms with Gasteiger partial charge in [0.15, 0.2) is 0 Å². The monoisotopic (exact) mass is 264 g/mol. The van der Waals surface area contributed by atoms with Crippen molar-refractivity contribution < 1.29 is 4.74 Å². The Hall–Kier alpha value is -1.24. The van der Waals surface area contributed by atoms with Gasteiger partial charge in [-0.25, -0.2) is 0 Å². The number of methoxy groups -OCH3 is 1. The summed E-state index contributed by atoms with van der Waals surface area (Å²) in [6, 6.07) is 8.07. The number of nitrogens with one attached hydrogen (secondary N) is 1. The molecule has 1 aliphatic carbocycles. The zero-order chi connectivity index (χ0) is 13.2. The third-order valence-corrected chi connectivity index (χ3v) is 4.16. The summed E-state index contributed by atoms with van der Waals surface area (Å²) in [4.78, 5) is 0. The van der Waals surface area contributed by atoms with Crippen molar-refractivity contribution >= 4 is 11.6 Å². The van der Waals surface area contributed by atoms with Gasteiger partial charge >= 0.3 is 0 Å². The predicted octanol–water partition coefficient (Wildman–Crippen LogP) is 3.30. The van der Waals surface area contributed by atoms with Gasteiger partial charge in [-0.3, -0.25) is 0 Å². The van der Waals surface area contributed by atoms with Crippen LogP contribution >= 0.6 is 11.6 Å². The van der Waals surface area contributed by atoms with Crippen LogP contribution in [0, 0.1) is 16.7 Å². The first-order valence-corrected chi connectivity index (χ1v) is 6.46. The molecule has 0 aromatic heterocycles. The Labute approximate surface area is 113 Å². The largest absolute Gasteiger partial charge is 0.497 e. The summed E-state index contributed by atoms with van der Waals surface area (Å²) >= 11 is 6.30. The van der Waals surface area contributed by atoms with E-state index in [4.69, 9.17) is 16.3 Å². The van der Waals surface area contributed by atoms with Crippen LogP contribution in [0.5, 0.6) is 5.75 Å². The summed E-state index contributed by atoms with van der Waals surface area (Å²) in [7, 11) is 3.49. The minimum atomic E-state index is -0.313. The van der Waals surface area contributed by atoms with Crippen LogP contribution in [0.15, 0.2) is 18.2 Å². The Morgan fingerprint density at radius 2 is 2.22 bits per heavy atom. The van der Waals surface area contributed by atoms with Crippen LogP contribution in [0.1, 0.15) is 30.9 Å². The SMILES string of the molecule is CNC(c1ccc(OC)cc1Cl)C1(C#N)CCC1. The highest BCUT2D eigenvalue weighted by Crippen LogP contribution is 2.50. The second-order valence-corrected chi connectivity index (χ2v) is 5.14. The average molecular weight is 265 g/mol. The number of nitriles is 1. The molecule has 3 nitrogen and oxygen atoms in total. The number of nitrogens with zero attached hydrogens (tertiary/aromatic N) is 1. The summed E-state index contributed by atoms with van der Waals surface area (Å²) in [5, 5.41) is 13.3. The van der Waals surface area contributed by atoms with E-state index in [-0.39, 0.29) is 11.5 Å². The van der Waals surface area contributed by atoms with Crippen LogP contribution in [0.2, 0.25) is 5.02 Å². The van der Waals surface area contributed by atoms with Gasteiger partial charge in [-0.05, 0) is 37.6 Å². The highest BCUT2D eigenvalue weighted by molar-refractivity contribution is 6.31. The van der Waals surface area contributed by atoms with E-state index in [1.807, 2.05) is 19.2 Å². The number of ether oxygens (including phenoxy) is 1. The van der Waals surface area contributed by atoms with Gasteiger partial charge in [0.25, 0.3) is 0 Å². The highest BCUT2D eigenvalue weighted by Gasteiger charge is 2.45. The topological polar surface area (TPSA) is 45.0 Å². The van der Waals surface area contributed by atoms with Gasteiger partial charge in [-0.15, -0.1) is 0 Å². The molecule has 1 aromatic rings. The second-order valence-electron chi connectivity index (χ2n) is 4.73. The predicted molar refractivity (Wildman–Crippen MR) is 71.7 cm³/mol. The van der Waals surface area contributed by atoms with Crippen LogP contribution < -0.4 is 10.1 Å². The van der Waals surface area contributed by atoms with Gasteiger partial charge in [0.05, 0.1) is 24.6 Å². The Balaban J connectivity index is 2.37. The lowest BCUT2D eigenvalue weighted by molar-refractivity contribution is 0.149. The molecule has 1 atom stereocenters. The van der Waals surface area contributed by atoms with E-state index >= 15 is 0 Å². The molecule has 0 saturated heterocycles. The number of halogens is 1. The van der Waals surface area contributed by atoms with Crippen molar-refractivity contribution in [3.8, 4) is 11.8 Å². The molecule has 2 rings (SSSR count). The van der Waals surface area contributed by atoms with E-state index in [1.54, 1.807) is 13.2 Å². The van der Waals surface area contributed by atoms with Gasteiger partial charge in [-0.1, -0.05) is 24.1 Å². The lowest BCUT2D eigenvalue weighted by atomic mass is 9.63. The molecule has 1 unspecified atom stereocenters. The second kappa shape index (κ2) is 5.17. The van der Waals surface area contributed by atoms with Crippen molar-refractivity contribution in [2.45, 2.75) is 25.3 Å². The smallest absolute Gasteiger partial charge is 0.120 e. The van der Waals surface area contributed by atoms with E-state index in [1.165, 1.54) is 0 Å². The summed E-state index contributed by atoms with van der Waals surface area (Å²) in [5.41, 5.74) is 0.661. The molecule has 1 fully saturated rings. The Morgan fingerprint density at radius 1 is 1.50 bits per heavy atom. The molecular formula is C14H17ClN2O. The van der Waals surface area contributed by atoms with Crippen molar-refractivity contribution in [3.63, 3.8) is 0 Å². The van der Waals surface area contributed by atoms with Gasteiger partial charge in [0.2, 0.25) is 0 Å². The molecule has 4 heteroatoms. The highest BCUT2D eigenvalue weighted by atomic mass is 35.5. The number of rotatable bonds is 4. The standard InChI is InChI=1S/C14H17ClN2O/c1-17-13(14(9-16)6-3-7-14)11-5-4-10(18-2)8-12(11)15/h4-5,8,13,17H,3,6-7H2,1-2H3. The Kier molecular flexibility index (Phi) is 3.79. The van der Waals surface area contributed by atoms with E-state index < -0.39 is 0 Å². The summed E-state index contributed by atoms with van der Waals surface area (Å²) < 4.78 is 5.15. The molecule has 0 heterocycles. The fourth-order valence-electron chi connectivity index (χ4n) is 2.62. The Bertz CT molecular complexity index is 477. The van der Waals surface area contributed by atoms with Gasteiger partial charge < -0.3 is 10.1 Å². The molecule has 0 radical (unpaired) electrons. The molecule has 96 valence electrons. The van der Waals surface area contributed by atoms with E-state index in [2.05, 4.69) is 11.4 Å². The fourth-order valence-corrected chi connectivity index (χ4v) is 2.90. The van der Waals surface area contributed by atoms with Crippen molar-refractivity contribution in [3.05, 3.63) is 28.8 Å². The first-order chi connectivity index (χ1) is 8.66. The maximum atomic E-state index is 9.43. The first kappa shape index (κ1) is 13.2. The lowest BCUT2D eigenvalue weighted by Gasteiger charge is -2.42. The van der Waals surface area contributed by atoms with Crippen LogP contribution in [0.4, 0.5) is 0 Å². The van der Waals surface area contributed by atoms with E-state index in [0.717, 1.165) is 30.6 Å². The molecule has 1 aromatic carbocycles. The maximum Gasteiger partial charge on any atom is 0.120 e. The molecule has 1 N–H and O–H groups in total. The summed E-state index contributed by atoms with van der Waals surface area (Å²) in [6.45, 7) is 0. The van der Waals surface area contributed by atoms with Crippen molar-refractivity contribution in [2.24, 2.45) is 5.41 Å². The lowest BCUT2D eigenvalue weighted by Crippen LogP contribution is -2.41. The zero-order valence-corrected chi connectivity index (χ0v) is 11.4. The first-order valence-electron chi connectivity index (χ1n) is 6.09.